The summed E-state index contributed by atoms with van der Waals surface area (Å²) in [5.41, 5.74) is 0. The monoisotopic (exact) mass is 240 g/mol. The van der Waals surface area contributed by atoms with Crippen LogP contribution in [0.1, 0.15) is 59.3 Å². The second-order valence-corrected chi connectivity index (χ2v) is 5.22. The smallest absolute Gasteiger partial charge is 0.0119 e. The summed E-state index contributed by atoms with van der Waals surface area (Å²) in [4.78, 5) is 2.77. The van der Waals surface area contributed by atoms with Crippen LogP contribution in [0.4, 0.5) is 0 Å². The lowest BCUT2D eigenvalue weighted by Crippen LogP contribution is -2.43. The molecule has 0 aromatic carbocycles. The Morgan fingerprint density at radius 3 is 2.35 bits per heavy atom. The lowest BCUT2D eigenvalue weighted by Gasteiger charge is -2.33. The zero-order valence-corrected chi connectivity index (χ0v) is 12.2. The Balaban J connectivity index is 0.000000686. The van der Waals surface area contributed by atoms with Gasteiger partial charge in [-0.15, -0.1) is 0 Å². The van der Waals surface area contributed by atoms with Crippen molar-refractivity contribution in [1.82, 2.24) is 10.2 Å². The Morgan fingerprint density at radius 2 is 1.71 bits per heavy atom. The van der Waals surface area contributed by atoms with Gasteiger partial charge in [0.2, 0.25) is 0 Å². The second-order valence-electron chi connectivity index (χ2n) is 5.22. The van der Waals surface area contributed by atoms with Gasteiger partial charge in [-0.25, -0.2) is 0 Å². The Bertz CT molecular complexity index is 176. The van der Waals surface area contributed by atoms with E-state index in [1.807, 2.05) is 13.8 Å². The fraction of sp³-hybridized carbons (Fsp3) is 1.00. The van der Waals surface area contributed by atoms with Crippen LogP contribution in [0.15, 0.2) is 0 Å². The van der Waals surface area contributed by atoms with Gasteiger partial charge < -0.3 is 10.2 Å². The van der Waals surface area contributed by atoms with Crippen molar-refractivity contribution in [1.29, 1.82) is 0 Å². The van der Waals surface area contributed by atoms with Crippen molar-refractivity contribution in [3.05, 3.63) is 0 Å². The molecule has 0 amide bonds. The van der Waals surface area contributed by atoms with E-state index in [1.165, 1.54) is 64.7 Å². The van der Waals surface area contributed by atoms with Gasteiger partial charge in [0.1, 0.15) is 0 Å². The number of rotatable bonds is 2. The lowest BCUT2D eigenvalue weighted by molar-refractivity contribution is 0.166. The zero-order valence-electron chi connectivity index (χ0n) is 12.2. The maximum absolute atomic E-state index is 3.46. The molecule has 0 aromatic heterocycles. The van der Waals surface area contributed by atoms with Crippen molar-refractivity contribution >= 4 is 0 Å². The van der Waals surface area contributed by atoms with Crippen LogP contribution in [0.2, 0.25) is 0 Å². The molecular weight excluding hydrogens is 208 g/mol. The molecule has 1 atom stereocenters. The first kappa shape index (κ1) is 15.0. The number of likely N-dealkylation sites (tertiary alicyclic amines) is 1. The summed E-state index contributed by atoms with van der Waals surface area (Å²) in [5.74, 6) is 1.01. The van der Waals surface area contributed by atoms with Gasteiger partial charge in [0, 0.05) is 6.04 Å². The van der Waals surface area contributed by atoms with Gasteiger partial charge in [0.25, 0.3) is 0 Å². The quantitative estimate of drug-likeness (QED) is 0.797. The summed E-state index contributed by atoms with van der Waals surface area (Å²) in [5, 5.41) is 3.46. The molecule has 2 saturated heterocycles. The summed E-state index contributed by atoms with van der Waals surface area (Å²) < 4.78 is 0. The molecule has 2 aliphatic rings. The third-order valence-corrected chi connectivity index (χ3v) is 4.28. The Hall–Kier alpha value is -0.0800. The maximum atomic E-state index is 3.46. The molecule has 0 aliphatic carbocycles. The molecule has 2 fully saturated rings. The summed E-state index contributed by atoms with van der Waals surface area (Å²) in [7, 11) is 0. The van der Waals surface area contributed by atoms with Crippen LogP contribution in [-0.4, -0.2) is 37.1 Å². The largest absolute Gasteiger partial charge is 0.317 e. The van der Waals surface area contributed by atoms with E-state index in [2.05, 4.69) is 17.1 Å². The SMILES string of the molecule is CC.CCC1CCCN(C2CCNCC2)CC1. The molecule has 1 unspecified atom stereocenters. The number of hydrogen-bond donors (Lipinski definition) is 1. The van der Waals surface area contributed by atoms with E-state index in [-0.39, 0.29) is 0 Å². The molecule has 2 heteroatoms. The van der Waals surface area contributed by atoms with Crippen LogP contribution in [0.3, 0.4) is 0 Å². The van der Waals surface area contributed by atoms with Gasteiger partial charge in [0.15, 0.2) is 0 Å². The predicted molar refractivity (Wildman–Crippen MR) is 76.4 cm³/mol. The summed E-state index contributed by atoms with van der Waals surface area (Å²) in [6.45, 7) is 11.5. The van der Waals surface area contributed by atoms with E-state index >= 15 is 0 Å². The van der Waals surface area contributed by atoms with E-state index in [0.29, 0.717) is 0 Å². The first-order valence-electron chi connectivity index (χ1n) is 7.85. The topological polar surface area (TPSA) is 15.3 Å². The Kier molecular flexibility index (Phi) is 7.87. The zero-order chi connectivity index (χ0) is 12.5. The van der Waals surface area contributed by atoms with Gasteiger partial charge in [-0.05, 0) is 64.2 Å². The maximum Gasteiger partial charge on any atom is 0.0119 e. The highest BCUT2D eigenvalue weighted by Crippen LogP contribution is 2.23. The van der Waals surface area contributed by atoms with E-state index in [9.17, 15) is 0 Å². The molecule has 2 aliphatic heterocycles. The van der Waals surface area contributed by atoms with E-state index < -0.39 is 0 Å². The molecule has 2 rings (SSSR count). The van der Waals surface area contributed by atoms with E-state index in [4.69, 9.17) is 0 Å². The van der Waals surface area contributed by atoms with Crippen LogP contribution in [0.25, 0.3) is 0 Å². The fourth-order valence-corrected chi connectivity index (χ4v) is 3.13. The number of hydrogen-bond acceptors (Lipinski definition) is 2. The molecule has 0 aromatic rings. The third-order valence-electron chi connectivity index (χ3n) is 4.28. The van der Waals surface area contributed by atoms with Gasteiger partial charge in [-0.2, -0.15) is 0 Å². The van der Waals surface area contributed by atoms with Gasteiger partial charge >= 0.3 is 0 Å². The molecule has 17 heavy (non-hydrogen) atoms. The number of nitrogens with one attached hydrogen (secondary N) is 1. The van der Waals surface area contributed by atoms with Crippen molar-refractivity contribution in [3.63, 3.8) is 0 Å². The number of nitrogens with zero attached hydrogens (tertiary/aromatic N) is 1. The normalized spacial score (nSPS) is 28.1. The fourth-order valence-electron chi connectivity index (χ4n) is 3.13. The van der Waals surface area contributed by atoms with Crippen LogP contribution < -0.4 is 5.32 Å². The third kappa shape index (κ3) is 4.97. The van der Waals surface area contributed by atoms with Crippen LogP contribution in [0.5, 0.6) is 0 Å². The molecule has 0 radical (unpaired) electrons. The van der Waals surface area contributed by atoms with Crippen molar-refractivity contribution in [2.45, 2.75) is 65.3 Å². The second kappa shape index (κ2) is 8.93. The van der Waals surface area contributed by atoms with Crippen LogP contribution >= 0.6 is 0 Å². The van der Waals surface area contributed by atoms with Crippen molar-refractivity contribution < 1.29 is 0 Å². The highest BCUT2D eigenvalue weighted by atomic mass is 15.2. The standard InChI is InChI=1S/C13H26N2.C2H6/c1-2-12-4-3-10-15(11-7-12)13-5-8-14-9-6-13;1-2/h12-14H,2-11H2,1H3;1-2H3. The molecular formula is C15H32N2. The molecule has 0 spiro atoms. The molecule has 102 valence electrons. The van der Waals surface area contributed by atoms with Gasteiger partial charge in [-0.3, -0.25) is 0 Å². The van der Waals surface area contributed by atoms with Crippen LogP contribution in [-0.2, 0) is 0 Å². The first-order valence-corrected chi connectivity index (χ1v) is 7.85. The average molecular weight is 240 g/mol. The minimum Gasteiger partial charge on any atom is -0.317 e. The van der Waals surface area contributed by atoms with Gasteiger partial charge in [0.05, 0.1) is 0 Å². The number of piperidine rings is 1. The minimum atomic E-state index is 0.891. The predicted octanol–water partition coefficient (Wildman–Crippen LogP) is 3.28. The molecule has 0 bridgehead atoms. The minimum absolute atomic E-state index is 0.891. The van der Waals surface area contributed by atoms with Crippen molar-refractivity contribution in [2.75, 3.05) is 26.2 Å². The highest BCUT2D eigenvalue weighted by molar-refractivity contribution is 4.80. The Morgan fingerprint density at radius 1 is 1.00 bits per heavy atom. The molecule has 1 N–H and O–H groups in total. The molecule has 2 nitrogen and oxygen atoms in total. The highest BCUT2D eigenvalue weighted by Gasteiger charge is 2.23. The van der Waals surface area contributed by atoms with Crippen molar-refractivity contribution in [3.8, 4) is 0 Å². The lowest BCUT2D eigenvalue weighted by atomic mass is 9.98. The van der Waals surface area contributed by atoms with Crippen molar-refractivity contribution in [2.24, 2.45) is 5.92 Å². The van der Waals surface area contributed by atoms with Crippen LogP contribution in [0, 0.1) is 5.92 Å². The Labute approximate surface area is 108 Å². The van der Waals surface area contributed by atoms with E-state index in [0.717, 1.165) is 12.0 Å². The summed E-state index contributed by atoms with van der Waals surface area (Å²) >= 11 is 0. The molecule has 0 saturated carbocycles. The summed E-state index contributed by atoms with van der Waals surface area (Å²) in [6.07, 6.45) is 8.48. The van der Waals surface area contributed by atoms with Gasteiger partial charge in [-0.1, -0.05) is 27.2 Å². The molecule has 2 heterocycles. The van der Waals surface area contributed by atoms with E-state index in [1.54, 1.807) is 0 Å². The first-order chi connectivity index (χ1) is 8.40. The average Bonchev–Trinajstić information content (AvgIpc) is 2.67. The summed E-state index contributed by atoms with van der Waals surface area (Å²) in [6, 6.07) is 0.891.